The summed E-state index contributed by atoms with van der Waals surface area (Å²) in [6.07, 6.45) is 5.33. The number of fused-ring (bicyclic) bond motifs is 2. The van der Waals surface area contributed by atoms with E-state index in [0.29, 0.717) is 27.8 Å². The molecule has 1 aromatic carbocycles. The van der Waals surface area contributed by atoms with Crippen molar-refractivity contribution in [3.63, 3.8) is 0 Å². The molecular weight excluding hydrogens is 414 g/mol. The van der Waals surface area contributed by atoms with E-state index in [-0.39, 0.29) is 22.8 Å². The maximum Gasteiger partial charge on any atom is 0.231 e. The smallest absolute Gasteiger partial charge is 0.231 e. The monoisotopic (exact) mass is 426 g/mol. The Hall–Kier alpha value is -3.51. The number of aromatic amines is 1. The number of imidazole rings is 1. The van der Waals surface area contributed by atoms with Gasteiger partial charge in [0, 0.05) is 17.1 Å². The van der Waals surface area contributed by atoms with Gasteiger partial charge in [0.15, 0.2) is 17.3 Å². The van der Waals surface area contributed by atoms with Gasteiger partial charge in [-0.15, -0.1) is 5.92 Å². The molecule has 1 amide bonds. The van der Waals surface area contributed by atoms with Crippen molar-refractivity contribution in [3.05, 3.63) is 41.2 Å². The highest BCUT2D eigenvalue weighted by atomic mass is 35.5. The zero-order valence-electron chi connectivity index (χ0n) is 15.5. The Morgan fingerprint density at radius 1 is 1.40 bits per heavy atom. The van der Waals surface area contributed by atoms with Gasteiger partial charge in [-0.3, -0.25) is 14.9 Å². The highest BCUT2D eigenvalue weighted by Crippen LogP contribution is 2.38. The van der Waals surface area contributed by atoms with E-state index in [1.807, 2.05) is 0 Å². The summed E-state index contributed by atoms with van der Waals surface area (Å²) in [4.78, 5) is 20.5. The predicted octanol–water partition coefficient (Wildman–Crippen LogP) is 3.73. The molecule has 0 spiro atoms. The molecule has 1 aliphatic rings. The molecular formula is C20H13ClF2N6O. The van der Waals surface area contributed by atoms with Crippen LogP contribution in [0.25, 0.3) is 27.8 Å². The SMILES string of the molecule is CC#Cc1c(F)c(Cl)c(-c2cn3cc(NC(=O)C4CC4F)nc3cn2)c2cn[nH]c12. The van der Waals surface area contributed by atoms with Gasteiger partial charge in [-0.1, -0.05) is 17.5 Å². The second-order valence-electron chi connectivity index (χ2n) is 6.92. The Kier molecular flexibility index (Phi) is 4.18. The topological polar surface area (TPSA) is 88.0 Å². The van der Waals surface area contributed by atoms with Crippen LogP contribution in [-0.2, 0) is 4.79 Å². The van der Waals surface area contributed by atoms with Crippen molar-refractivity contribution < 1.29 is 13.6 Å². The lowest BCUT2D eigenvalue weighted by Crippen LogP contribution is -2.15. The summed E-state index contributed by atoms with van der Waals surface area (Å²) in [6.45, 7) is 1.60. The Balaban J connectivity index is 1.60. The van der Waals surface area contributed by atoms with Crippen LogP contribution in [0.3, 0.4) is 0 Å². The van der Waals surface area contributed by atoms with E-state index < -0.39 is 23.8 Å². The maximum absolute atomic E-state index is 14.9. The number of H-pyrrole nitrogens is 1. The molecule has 2 N–H and O–H groups in total. The molecule has 1 aliphatic carbocycles. The molecule has 5 rings (SSSR count). The number of nitrogens with zero attached hydrogens (tertiary/aromatic N) is 4. The highest BCUT2D eigenvalue weighted by molar-refractivity contribution is 6.35. The van der Waals surface area contributed by atoms with E-state index in [1.54, 1.807) is 23.7 Å². The summed E-state index contributed by atoms with van der Waals surface area (Å²) in [6, 6.07) is 0. The van der Waals surface area contributed by atoms with Crippen molar-refractivity contribution in [1.29, 1.82) is 0 Å². The van der Waals surface area contributed by atoms with Crippen LogP contribution in [0.5, 0.6) is 0 Å². The van der Waals surface area contributed by atoms with Crippen molar-refractivity contribution in [1.82, 2.24) is 24.6 Å². The van der Waals surface area contributed by atoms with Gasteiger partial charge in [0.25, 0.3) is 0 Å². The number of hydrogen-bond donors (Lipinski definition) is 2. The molecule has 3 aromatic heterocycles. The Labute approximate surface area is 173 Å². The van der Waals surface area contributed by atoms with E-state index in [0.717, 1.165) is 0 Å². The molecule has 0 bridgehead atoms. The number of hydrogen-bond acceptors (Lipinski definition) is 4. The minimum absolute atomic E-state index is 0.120. The molecule has 0 aliphatic heterocycles. The van der Waals surface area contributed by atoms with E-state index in [1.165, 1.54) is 12.4 Å². The second kappa shape index (κ2) is 6.78. The van der Waals surface area contributed by atoms with Gasteiger partial charge in [0.05, 0.1) is 46.3 Å². The lowest BCUT2D eigenvalue weighted by molar-refractivity contribution is -0.117. The van der Waals surface area contributed by atoms with Crippen molar-refractivity contribution >= 4 is 39.9 Å². The van der Waals surface area contributed by atoms with Crippen LogP contribution in [0, 0.1) is 23.6 Å². The largest absolute Gasteiger partial charge is 0.309 e. The Morgan fingerprint density at radius 3 is 2.93 bits per heavy atom. The molecule has 2 unspecified atom stereocenters. The number of amides is 1. The van der Waals surface area contributed by atoms with Crippen molar-refractivity contribution in [3.8, 4) is 23.1 Å². The molecule has 1 fully saturated rings. The molecule has 2 atom stereocenters. The van der Waals surface area contributed by atoms with Gasteiger partial charge in [0.2, 0.25) is 5.91 Å². The molecule has 7 nitrogen and oxygen atoms in total. The summed E-state index contributed by atoms with van der Waals surface area (Å²) in [5.41, 5.74) is 1.76. The van der Waals surface area contributed by atoms with E-state index >= 15 is 0 Å². The van der Waals surface area contributed by atoms with Crippen LogP contribution >= 0.6 is 11.6 Å². The zero-order chi connectivity index (χ0) is 21.0. The normalized spacial score (nSPS) is 17.7. The number of carbonyl (C=O) groups excluding carboxylic acids is 1. The summed E-state index contributed by atoms with van der Waals surface area (Å²) in [5.74, 6) is 3.96. The van der Waals surface area contributed by atoms with Crippen molar-refractivity contribution in [2.75, 3.05) is 5.32 Å². The van der Waals surface area contributed by atoms with Gasteiger partial charge >= 0.3 is 0 Å². The summed E-state index contributed by atoms with van der Waals surface area (Å²) < 4.78 is 29.6. The fraction of sp³-hybridized carbons (Fsp3) is 0.200. The number of aromatic nitrogens is 5. The van der Waals surface area contributed by atoms with Crippen LogP contribution in [0.4, 0.5) is 14.6 Å². The van der Waals surface area contributed by atoms with Crippen LogP contribution < -0.4 is 5.32 Å². The van der Waals surface area contributed by atoms with Crippen LogP contribution in [0.2, 0.25) is 5.02 Å². The predicted molar refractivity (Wildman–Crippen MR) is 107 cm³/mol. The van der Waals surface area contributed by atoms with Crippen LogP contribution in [0.15, 0.2) is 24.8 Å². The molecule has 4 aromatic rings. The molecule has 0 saturated heterocycles. The quantitative estimate of drug-likeness (QED) is 0.488. The lowest BCUT2D eigenvalue weighted by Gasteiger charge is -2.09. The highest BCUT2D eigenvalue weighted by Gasteiger charge is 2.43. The van der Waals surface area contributed by atoms with E-state index in [2.05, 4.69) is 37.3 Å². The van der Waals surface area contributed by atoms with Crippen LogP contribution in [0.1, 0.15) is 18.9 Å². The van der Waals surface area contributed by atoms with Crippen molar-refractivity contribution in [2.45, 2.75) is 19.5 Å². The number of alkyl halides is 1. The van der Waals surface area contributed by atoms with E-state index in [4.69, 9.17) is 11.6 Å². The molecule has 1 saturated carbocycles. The summed E-state index contributed by atoms with van der Waals surface area (Å²) in [7, 11) is 0. The van der Waals surface area contributed by atoms with Gasteiger partial charge in [-0.25, -0.2) is 13.8 Å². The minimum atomic E-state index is -1.09. The Bertz CT molecular complexity index is 1400. The van der Waals surface area contributed by atoms with E-state index in [9.17, 15) is 13.6 Å². The van der Waals surface area contributed by atoms with Gasteiger partial charge in [-0.05, 0) is 13.3 Å². The molecule has 0 radical (unpaired) electrons. The van der Waals surface area contributed by atoms with Crippen LogP contribution in [-0.4, -0.2) is 36.6 Å². The third kappa shape index (κ3) is 2.88. The van der Waals surface area contributed by atoms with Gasteiger partial charge in [0.1, 0.15) is 6.17 Å². The third-order valence-electron chi connectivity index (χ3n) is 4.94. The first kappa shape index (κ1) is 18.5. The second-order valence-corrected chi connectivity index (χ2v) is 7.30. The lowest BCUT2D eigenvalue weighted by atomic mass is 10.0. The fourth-order valence-corrected chi connectivity index (χ4v) is 3.64. The third-order valence-corrected chi connectivity index (χ3v) is 5.29. The minimum Gasteiger partial charge on any atom is -0.309 e. The number of anilines is 1. The molecule has 30 heavy (non-hydrogen) atoms. The number of carbonyl (C=O) groups is 1. The Morgan fingerprint density at radius 2 is 2.20 bits per heavy atom. The van der Waals surface area contributed by atoms with Gasteiger partial charge in [-0.2, -0.15) is 5.10 Å². The molecule has 3 heterocycles. The summed E-state index contributed by atoms with van der Waals surface area (Å²) in [5, 5.41) is 9.80. The molecule has 10 heteroatoms. The number of halogens is 3. The molecule has 150 valence electrons. The first-order valence-corrected chi connectivity index (χ1v) is 9.42. The average molecular weight is 427 g/mol. The average Bonchev–Trinajstić information content (AvgIpc) is 3.11. The number of nitrogens with one attached hydrogen (secondary N) is 2. The summed E-state index contributed by atoms with van der Waals surface area (Å²) >= 11 is 6.34. The first-order chi connectivity index (χ1) is 14.5. The number of benzene rings is 1. The fourth-order valence-electron chi connectivity index (χ4n) is 3.35. The standard InChI is InChI=1S/C20H13ClF2N6O/c1-2-3-9-18(23)17(21)16(11-5-25-28-19(9)11)13-7-29-8-14(26-15(29)6-24-13)27-20(30)10-4-12(10)22/h5-8,10,12H,4H2,1H3,(H,25,28)(H,27,30). The van der Waals surface area contributed by atoms with Gasteiger partial charge < -0.3 is 9.72 Å². The zero-order valence-corrected chi connectivity index (χ0v) is 16.3. The number of rotatable bonds is 3. The first-order valence-electron chi connectivity index (χ1n) is 9.04. The van der Waals surface area contributed by atoms with Crippen molar-refractivity contribution in [2.24, 2.45) is 5.92 Å². The maximum atomic E-state index is 14.9.